The molecule has 100 valence electrons. The van der Waals surface area contributed by atoms with Crippen molar-refractivity contribution in [2.45, 2.75) is 38.7 Å². The molecular weight excluding hydrogens is 224 g/mol. The lowest BCUT2D eigenvalue weighted by molar-refractivity contribution is 0.0211. The van der Waals surface area contributed by atoms with Gasteiger partial charge in [0.05, 0.1) is 5.60 Å². The van der Waals surface area contributed by atoms with Gasteiger partial charge < -0.3 is 10.0 Å². The second-order valence-corrected chi connectivity index (χ2v) is 5.90. The van der Waals surface area contributed by atoms with Gasteiger partial charge in [0.15, 0.2) is 0 Å². The number of aliphatic hydroxyl groups is 1. The lowest BCUT2D eigenvalue weighted by Crippen LogP contribution is -2.33. The quantitative estimate of drug-likeness (QED) is 0.867. The average molecular weight is 248 g/mol. The third-order valence-corrected chi connectivity index (χ3v) is 3.93. The maximum absolute atomic E-state index is 10.0. The van der Waals surface area contributed by atoms with E-state index < -0.39 is 5.60 Å². The van der Waals surface area contributed by atoms with Crippen LogP contribution in [0.2, 0.25) is 0 Å². The molecule has 1 unspecified atom stereocenters. The summed E-state index contributed by atoms with van der Waals surface area (Å²) in [6, 6.07) is 4.13. The molecule has 2 heterocycles. The highest BCUT2D eigenvalue weighted by molar-refractivity contribution is 5.08. The van der Waals surface area contributed by atoms with Gasteiger partial charge in [0, 0.05) is 24.9 Å². The summed E-state index contributed by atoms with van der Waals surface area (Å²) in [5.41, 5.74) is 0.786. The highest BCUT2D eigenvalue weighted by Gasteiger charge is 2.32. The van der Waals surface area contributed by atoms with Crippen LogP contribution in [0, 0.1) is 5.92 Å². The number of rotatable bonds is 5. The van der Waals surface area contributed by atoms with Crippen molar-refractivity contribution in [1.82, 2.24) is 9.88 Å². The normalized spacial score (nSPS) is 21.4. The summed E-state index contributed by atoms with van der Waals surface area (Å²) in [7, 11) is 0. The number of likely N-dealkylation sites (tertiary alicyclic amines) is 1. The van der Waals surface area contributed by atoms with E-state index in [0.717, 1.165) is 32.5 Å². The number of nitrogens with zero attached hydrogens (tertiary/aromatic N) is 2. The van der Waals surface area contributed by atoms with E-state index in [0.29, 0.717) is 5.92 Å². The molecule has 3 heteroatoms. The molecule has 18 heavy (non-hydrogen) atoms. The van der Waals surface area contributed by atoms with Crippen LogP contribution in [-0.4, -0.2) is 40.2 Å². The fourth-order valence-corrected chi connectivity index (χ4v) is 2.67. The molecule has 3 nitrogen and oxygen atoms in total. The molecule has 1 aliphatic heterocycles. The topological polar surface area (TPSA) is 36.4 Å². The lowest BCUT2D eigenvalue weighted by atomic mass is 9.90. The predicted molar refractivity (Wildman–Crippen MR) is 73.4 cm³/mol. The van der Waals surface area contributed by atoms with Gasteiger partial charge in [0.1, 0.15) is 0 Å². The number of hydrogen-bond acceptors (Lipinski definition) is 3. The molecule has 0 radical (unpaired) electrons. The van der Waals surface area contributed by atoms with Crippen molar-refractivity contribution in [2.75, 3.05) is 19.6 Å². The third-order valence-electron chi connectivity index (χ3n) is 3.93. The maximum atomic E-state index is 10.0. The Balaban J connectivity index is 1.70. The van der Waals surface area contributed by atoms with Crippen molar-refractivity contribution in [3.63, 3.8) is 0 Å². The molecule has 2 rings (SSSR count). The maximum Gasteiger partial charge on any atom is 0.0632 e. The largest absolute Gasteiger partial charge is 0.390 e. The Morgan fingerprint density at radius 3 is 2.94 bits per heavy atom. The SMILES string of the molecule is CC(C)(O)C1CCN(CCCc2cccnc2)C1. The van der Waals surface area contributed by atoms with Gasteiger partial charge in [0.25, 0.3) is 0 Å². The molecule has 1 saturated heterocycles. The second-order valence-electron chi connectivity index (χ2n) is 5.90. The molecule has 0 aromatic carbocycles. The zero-order chi connectivity index (χ0) is 13.0. The highest BCUT2D eigenvalue weighted by Crippen LogP contribution is 2.27. The number of aryl methyl sites for hydroxylation is 1. The van der Waals surface area contributed by atoms with Gasteiger partial charge in [-0.25, -0.2) is 0 Å². The van der Waals surface area contributed by atoms with E-state index >= 15 is 0 Å². The molecular formula is C15H24N2O. The van der Waals surface area contributed by atoms with Crippen LogP contribution in [0.4, 0.5) is 0 Å². The van der Waals surface area contributed by atoms with Crippen molar-refractivity contribution >= 4 is 0 Å². The third kappa shape index (κ3) is 3.79. The summed E-state index contributed by atoms with van der Waals surface area (Å²) in [4.78, 5) is 6.60. The smallest absolute Gasteiger partial charge is 0.0632 e. The summed E-state index contributed by atoms with van der Waals surface area (Å²) in [5.74, 6) is 0.427. The zero-order valence-corrected chi connectivity index (χ0v) is 11.5. The van der Waals surface area contributed by atoms with E-state index in [2.05, 4.69) is 16.0 Å². The minimum absolute atomic E-state index is 0.427. The van der Waals surface area contributed by atoms with Gasteiger partial charge in [-0.2, -0.15) is 0 Å². The Bertz CT molecular complexity index is 359. The van der Waals surface area contributed by atoms with E-state index in [1.54, 1.807) is 0 Å². The van der Waals surface area contributed by atoms with Gasteiger partial charge in [0.2, 0.25) is 0 Å². The zero-order valence-electron chi connectivity index (χ0n) is 11.5. The fraction of sp³-hybridized carbons (Fsp3) is 0.667. The molecule has 0 spiro atoms. The predicted octanol–water partition coefficient (Wildman–Crippen LogP) is 2.11. The summed E-state index contributed by atoms with van der Waals surface area (Å²) >= 11 is 0. The van der Waals surface area contributed by atoms with E-state index in [9.17, 15) is 5.11 Å². The van der Waals surface area contributed by atoms with Crippen LogP contribution in [-0.2, 0) is 6.42 Å². The highest BCUT2D eigenvalue weighted by atomic mass is 16.3. The van der Waals surface area contributed by atoms with Crippen molar-refractivity contribution in [2.24, 2.45) is 5.92 Å². The number of pyridine rings is 1. The molecule has 0 bridgehead atoms. The molecule has 0 saturated carbocycles. The Labute approximate surface area is 110 Å². The van der Waals surface area contributed by atoms with Crippen molar-refractivity contribution in [1.29, 1.82) is 0 Å². The van der Waals surface area contributed by atoms with E-state index in [4.69, 9.17) is 0 Å². The first-order valence-electron chi connectivity index (χ1n) is 6.89. The Morgan fingerprint density at radius 2 is 2.33 bits per heavy atom. The average Bonchev–Trinajstić information content (AvgIpc) is 2.79. The molecule has 1 N–H and O–H groups in total. The summed E-state index contributed by atoms with van der Waals surface area (Å²) in [5, 5.41) is 10.0. The van der Waals surface area contributed by atoms with Crippen LogP contribution in [0.3, 0.4) is 0 Å². The minimum atomic E-state index is -0.530. The Morgan fingerprint density at radius 1 is 1.50 bits per heavy atom. The van der Waals surface area contributed by atoms with Gasteiger partial charge in [-0.3, -0.25) is 4.98 Å². The monoisotopic (exact) mass is 248 g/mol. The summed E-state index contributed by atoms with van der Waals surface area (Å²) < 4.78 is 0. The first-order valence-corrected chi connectivity index (χ1v) is 6.89. The lowest BCUT2D eigenvalue weighted by Gasteiger charge is -2.25. The Hall–Kier alpha value is -0.930. The number of hydrogen-bond donors (Lipinski definition) is 1. The second kappa shape index (κ2) is 5.81. The van der Waals surface area contributed by atoms with Crippen LogP contribution >= 0.6 is 0 Å². The van der Waals surface area contributed by atoms with Gasteiger partial charge in [-0.05, 0) is 57.8 Å². The summed E-state index contributed by atoms with van der Waals surface area (Å²) in [6.07, 6.45) is 7.15. The molecule has 1 atom stereocenters. The number of aromatic nitrogens is 1. The standard InChI is InChI=1S/C15H24N2O/c1-15(2,18)14-7-10-17(12-14)9-4-6-13-5-3-8-16-11-13/h3,5,8,11,14,18H,4,6-7,9-10,12H2,1-2H3. The van der Waals surface area contributed by atoms with Crippen molar-refractivity contribution in [3.05, 3.63) is 30.1 Å². The molecule has 1 aromatic rings. The van der Waals surface area contributed by atoms with Crippen LogP contribution in [0.5, 0.6) is 0 Å². The van der Waals surface area contributed by atoms with Gasteiger partial charge in [-0.15, -0.1) is 0 Å². The summed E-state index contributed by atoms with van der Waals surface area (Å²) in [6.45, 7) is 7.15. The van der Waals surface area contributed by atoms with Gasteiger partial charge in [-0.1, -0.05) is 6.07 Å². The fourth-order valence-electron chi connectivity index (χ4n) is 2.67. The molecule has 1 aliphatic rings. The first kappa shape index (κ1) is 13.5. The Kier molecular flexibility index (Phi) is 4.36. The molecule has 1 aromatic heterocycles. The molecule has 0 aliphatic carbocycles. The first-order chi connectivity index (χ1) is 8.55. The van der Waals surface area contributed by atoms with Crippen LogP contribution in [0.1, 0.15) is 32.3 Å². The molecule has 1 fully saturated rings. The van der Waals surface area contributed by atoms with Crippen molar-refractivity contribution < 1.29 is 5.11 Å². The van der Waals surface area contributed by atoms with E-state index in [1.807, 2.05) is 32.3 Å². The van der Waals surface area contributed by atoms with Gasteiger partial charge >= 0.3 is 0 Å². The van der Waals surface area contributed by atoms with Crippen molar-refractivity contribution in [3.8, 4) is 0 Å². The van der Waals surface area contributed by atoms with E-state index in [-0.39, 0.29) is 0 Å². The van der Waals surface area contributed by atoms with Crippen LogP contribution < -0.4 is 0 Å². The molecule has 0 amide bonds. The van der Waals surface area contributed by atoms with Crippen LogP contribution in [0.25, 0.3) is 0 Å². The van der Waals surface area contributed by atoms with Crippen LogP contribution in [0.15, 0.2) is 24.5 Å². The minimum Gasteiger partial charge on any atom is -0.390 e. The van der Waals surface area contributed by atoms with E-state index in [1.165, 1.54) is 12.0 Å².